The molecule has 216 valence electrons. The average Bonchev–Trinajstić information content (AvgIpc) is 2.90. The topological polar surface area (TPSA) is 73.2 Å². The summed E-state index contributed by atoms with van der Waals surface area (Å²) in [6.45, 7) is 0. The molecule has 0 bridgehead atoms. The molecule has 0 aliphatic heterocycles. The summed E-state index contributed by atoms with van der Waals surface area (Å²) in [5.41, 5.74) is -8.27. The van der Waals surface area contributed by atoms with Crippen LogP contribution in [-0.2, 0) is 5.67 Å². The number of carbonyl (C=O) groups excluding carboxylic acids is 2. The number of anilines is 2. The van der Waals surface area contributed by atoms with Crippen molar-refractivity contribution in [1.82, 2.24) is 0 Å². The molecule has 0 aromatic heterocycles. The van der Waals surface area contributed by atoms with Crippen LogP contribution in [0.1, 0.15) is 31.8 Å². The molecule has 0 radical (unpaired) electrons. The Kier molecular flexibility index (Phi) is 8.85. The Bertz CT molecular complexity index is 1540. The molecule has 0 heterocycles. The maximum absolute atomic E-state index is 14.8. The van der Waals surface area contributed by atoms with Gasteiger partial charge < -0.3 is 5.32 Å². The van der Waals surface area contributed by atoms with Crippen LogP contribution in [-0.4, -0.2) is 30.1 Å². The van der Waals surface area contributed by atoms with Gasteiger partial charge in [-0.15, -0.1) is 0 Å². The number of hydrogen-bond acceptors (Lipinski definition) is 3. The first-order valence-corrected chi connectivity index (χ1v) is 12.3. The number of carbonyl (C=O) groups is 2. The van der Waals surface area contributed by atoms with Gasteiger partial charge in [0.2, 0.25) is 0 Å². The number of rotatable bonds is 6. The molecule has 5 nitrogen and oxygen atoms in total. The van der Waals surface area contributed by atoms with Crippen LogP contribution in [0.15, 0.2) is 71.2 Å². The van der Waals surface area contributed by atoms with Gasteiger partial charge in [-0.25, -0.2) is 8.32 Å². The third-order valence-corrected chi connectivity index (χ3v) is 6.88. The van der Waals surface area contributed by atoms with E-state index in [9.17, 15) is 49.1 Å². The molecule has 1 unspecified atom stereocenters. The fraction of sp³-hybridized carbons (Fsp3) is 0.160. The first-order chi connectivity index (χ1) is 18.8. The van der Waals surface area contributed by atoms with Crippen LogP contribution < -0.4 is 9.24 Å². The lowest BCUT2D eigenvalue weighted by molar-refractivity contribution is -0.389. The van der Waals surface area contributed by atoms with E-state index in [-0.39, 0.29) is 40.2 Å². The molecule has 3 aromatic carbocycles. The van der Waals surface area contributed by atoms with Crippen molar-refractivity contribution in [2.45, 2.75) is 23.9 Å². The third-order valence-electron chi connectivity index (χ3n) is 5.54. The minimum absolute atomic E-state index is 0.0424. The van der Waals surface area contributed by atoms with Gasteiger partial charge in [-0.05, 0) is 64.5 Å². The van der Waals surface area contributed by atoms with Crippen LogP contribution in [0.4, 0.5) is 50.9 Å². The Hall–Kier alpha value is -3.58. The van der Waals surface area contributed by atoms with Crippen LogP contribution >= 0.6 is 32.1 Å². The zero-order chi connectivity index (χ0) is 31.0. The Morgan fingerprint density at radius 2 is 1.41 bits per heavy atom. The van der Waals surface area contributed by atoms with E-state index in [1.165, 1.54) is 48.5 Å². The Balaban J connectivity index is 1.91. The van der Waals surface area contributed by atoms with Crippen LogP contribution in [0.5, 0.6) is 0 Å². The van der Waals surface area contributed by atoms with Gasteiger partial charge in [0.05, 0.1) is 33.5 Å². The molecule has 0 saturated carbocycles. The van der Waals surface area contributed by atoms with Gasteiger partial charge in [-0.3, -0.25) is 9.59 Å². The van der Waals surface area contributed by atoms with Crippen molar-refractivity contribution in [2.75, 3.05) is 9.24 Å². The Morgan fingerprint density at radius 1 is 0.805 bits per heavy atom. The van der Waals surface area contributed by atoms with Crippen molar-refractivity contribution in [1.29, 1.82) is 5.26 Å². The Labute approximate surface area is 242 Å². The summed E-state index contributed by atoms with van der Waals surface area (Å²) < 4.78 is 121. The minimum atomic E-state index is -6.89. The fourth-order valence-electron chi connectivity index (χ4n) is 3.48. The van der Waals surface area contributed by atoms with E-state index in [0.29, 0.717) is 9.99 Å². The maximum atomic E-state index is 14.8. The molecule has 2 amide bonds. The lowest BCUT2D eigenvalue weighted by Gasteiger charge is -2.36. The minimum Gasteiger partial charge on any atom is -0.322 e. The molecule has 41 heavy (non-hydrogen) atoms. The van der Waals surface area contributed by atoms with Crippen molar-refractivity contribution in [3.05, 3.63) is 93.5 Å². The van der Waals surface area contributed by atoms with Gasteiger partial charge in [-0.2, -0.15) is 40.4 Å². The maximum Gasteiger partial charge on any atom is 0.457 e. The van der Waals surface area contributed by atoms with E-state index in [0.717, 1.165) is 0 Å². The molecule has 0 aliphatic rings. The molecule has 0 spiro atoms. The molecule has 0 saturated heterocycles. The Morgan fingerprint density at radius 3 is 1.98 bits per heavy atom. The number of hydrogen-bond donors (Lipinski definition) is 1. The molecule has 3 aromatic rings. The van der Waals surface area contributed by atoms with E-state index in [4.69, 9.17) is 5.26 Å². The zero-order valence-electron chi connectivity index (χ0n) is 19.7. The summed E-state index contributed by atoms with van der Waals surface area (Å²) in [7, 11) is 0. The quantitative estimate of drug-likeness (QED) is 0.206. The second kappa shape index (κ2) is 11.4. The number of halogens is 11. The standard InChI is InChI=1S/C25H12Br2F9N3O2/c26-18-11-16(22(28,24(31,32)33)23(29,30)25(34,35)36)7-8-19(18)39(27)21(41)15-5-2-6-17(10-15)38-20(40)14-4-1-3-13(9-14)12-37/h1-11H,(H,38,40). The third kappa shape index (κ3) is 6.05. The number of nitriles is 1. The van der Waals surface area contributed by atoms with E-state index < -0.39 is 45.8 Å². The van der Waals surface area contributed by atoms with Crippen LogP contribution in [0, 0.1) is 11.3 Å². The predicted octanol–water partition coefficient (Wildman–Crippen LogP) is 8.45. The molecule has 1 N–H and O–H groups in total. The van der Waals surface area contributed by atoms with Gasteiger partial charge in [0.15, 0.2) is 0 Å². The van der Waals surface area contributed by atoms with Crippen molar-refractivity contribution in [2.24, 2.45) is 0 Å². The van der Waals surface area contributed by atoms with Gasteiger partial charge in [0.1, 0.15) is 0 Å². The molecular formula is C25H12Br2F9N3O2. The largest absolute Gasteiger partial charge is 0.457 e. The first-order valence-electron chi connectivity index (χ1n) is 10.8. The molecule has 1 atom stereocenters. The van der Waals surface area contributed by atoms with E-state index in [1.54, 1.807) is 0 Å². The highest BCUT2D eigenvalue weighted by Crippen LogP contribution is 2.58. The molecule has 0 fully saturated rings. The second-order valence-corrected chi connectivity index (χ2v) is 9.77. The van der Waals surface area contributed by atoms with Gasteiger partial charge in [-0.1, -0.05) is 18.2 Å². The number of nitrogens with one attached hydrogen (secondary N) is 1. The van der Waals surface area contributed by atoms with E-state index in [2.05, 4.69) is 37.4 Å². The summed E-state index contributed by atoms with van der Waals surface area (Å²) in [5, 5.41) is 11.5. The van der Waals surface area contributed by atoms with Gasteiger partial charge in [0, 0.05) is 26.9 Å². The van der Waals surface area contributed by atoms with Crippen LogP contribution in [0.2, 0.25) is 0 Å². The van der Waals surface area contributed by atoms with Crippen LogP contribution in [0.3, 0.4) is 0 Å². The average molecular weight is 717 g/mol. The normalized spacial score (nSPS) is 13.6. The monoisotopic (exact) mass is 715 g/mol. The van der Waals surface area contributed by atoms with E-state index >= 15 is 0 Å². The van der Waals surface area contributed by atoms with Crippen molar-refractivity contribution in [3.63, 3.8) is 0 Å². The molecule has 0 aliphatic carbocycles. The highest BCUT2D eigenvalue weighted by molar-refractivity contribution is 9.11. The smallest absolute Gasteiger partial charge is 0.322 e. The number of benzene rings is 3. The molecule has 3 rings (SSSR count). The van der Waals surface area contributed by atoms with Crippen molar-refractivity contribution >= 4 is 55.3 Å². The number of alkyl halides is 9. The number of amides is 2. The summed E-state index contributed by atoms with van der Waals surface area (Å²) in [4.78, 5) is 25.5. The van der Waals surface area contributed by atoms with Crippen molar-refractivity contribution in [3.8, 4) is 6.07 Å². The van der Waals surface area contributed by atoms with Gasteiger partial charge >= 0.3 is 23.9 Å². The molecular weight excluding hydrogens is 705 g/mol. The van der Waals surface area contributed by atoms with Crippen molar-refractivity contribution < 1.29 is 49.1 Å². The highest BCUT2D eigenvalue weighted by Gasteiger charge is 2.81. The summed E-state index contributed by atoms with van der Waals surface area (Å²) in [6, 6.07) is 13.4. The fourth-order valence-corrected chi connectivity index (χ4v) is 4.79. The highest BCUT2D eigenvalue weighted by atomic mass is 79.9. The second-order valence-electron chi connectivity index (χ2n) is 8.21. The van der Waals surface area contributed by atoms with E-state index in [1.807, 2.05) is 6.07 Å². The van der Waals surface area contributed by atoms with Gasteiger partial charge in [0.25, 0.3) is 11.8 Å². The summed E-state index contributed by atoms with van der Waals surface area (Å²) in [5.74, 6) is -8.41. The zero-order valence-corrected chi connectivity index (χ0v) is 22.9. The SMILES string of the molecule is N#Cc1cccc(C(=O)Nc2cccc(C(=O)N(Br)c3ccc(C(F)(C(F)(F)F)C(F)(F)C(F)(F)F)cc3Br)c2)c1. The summed E-state index contributed by atoms with van der Waals surface area (Å²) >= 11 is 5.53. The lowest BCUT2D eigenvalue weighted by Crippen LogP contribution is -2.59. The lowest BCUT2D eigenvalue weighted by atomic mass is 9.87. The predicted molar refractivity (Wildman–Crippen MR) is 135 cm³/mol. The van der Waals surface area contributed by atoms with Crippen LogP contribution in [0.25, 0.3) is 0 Å². The first kappa shape index (κ1) is 31.9. The summed E-state index contributed by atoms with van der Waals surface area (Å²) in [6.07, 6.45) is -13.6. The molecule has 16 heteroatoms. The number of nitrogens with zero attached hydrogens (tertiary/aromatic N) is 2.